The number of hydrogen-bond donors (Lipinski definition) is 0. The topological polar surface area (TPSA) is 40.5 Å². The van der Waals surface area contributed by atoms with Crippen LogP contribution in [0.5, 0.6) is 5.75 Å². The Morgan fingerprint density at radius 2 is 2.04 bits per heavy atom. The third-order valence-electron chi connectivity index (χ3n) is 3.89. The summed E-state index contributed by atoms with van der Waals surface area (Å²) < 4.78 is 27.0. The number of nitrogens with zero attached hydrogens (tertiary/aromatic N) is 1. The zero-order valence-electron chi connectivity index (χ0n) is 14.2. The van der Waals surface area contributed by atoms with Gasteiger partial charge in [-0.3, -0.25) is 4.79 Å². The van der Waals surface area contributed by atoms with Crippen LogP contribution in [0.15, 0.2) is 28.7 Å². The van der Waals surface area contributed by atoms with Gasteiger partial charge in [-0.05, 0) is 45.0 Å². The van der Waals surface area contributed by atoms with Gasteiger partial charge in [0.15, 0.2) is 18.2 Å². The van der Waals surface area contributed by atoms with Gasteiger partial charge in [-0.1, -0.05) is 15.9 Å². The van der Waals surface area contributed by atoms with Crippen LogP contribution < -0.4 is 4.74 Å². The fourth-order valence-corrected chi connectivity index (χ4v) is 3.20. The second kappa shape index (κ2) is 7.94. The van der Waals surface area contributed by atoms with Gasteiger partial charge < -0.3 is 14.0 Å². The monoisotopic (exact) mass is 397 g/mol. The highest BCUT2D eigenvalue weighted by atomic mass is 79.9. The van der Waals surface area contributed by atoms with Crippen LogP contribution in [0, 0.1) is 19.7 Å². The number of aryl methyl sites for hydroxylation is 1. The molecule has 0 saturated heterocycles. The molecule has 0 amide bonds. The van der Waals surface area contributed by atoms with E-state index in [4.69, 9.17) is 9.47 Å². The Labute approximate surface area is 149 Å². The summed E-state index contributed by atoms with van der Waals surface area (Å²) in [6.07, 6.45) is 0. The van der Waals surface area contributed by atoms with E-state index >= 15 is 0 Å². The molecule has 0 aliphatic heterocycles. The molecular formula is C18H21BrFNO3. The fourth-order valence-electron chi connectivity index (χ4n) is 2.87. The molecule has 0 aliphatic carbocycles. The molecular weight excluding hydrogens is 377 g/mol. The van der Waals surface area contributed by atoms with Gasteiger partial charge in [0, 0.05) is 28.5 Å². The van der Waals surface area contributed by atoms with Gasteiger partial charge >= 0.3 is 0 Å². The van der Waals surface area contributed by atoms with Crippen LogP contribution in [-0.4, -0.2) is 30.7 Å². The maximum Gasteiger partial charge on any atom is 0.202 e. The molecule has 0 bridgehead atoms. The lowest BCUT2D eigenvalue weighted by molar-refractivity contribution is 0.0917. The molecule has 6 heteroatoms. The van der Waals surface area contributed by atoms with Crippen LogP contribution in [0.25, 0.3) is 0 Å². The summed E-state index contributed by atoms with van der Waals surface area (Å²) in [7, 11) is 1.65. The molecule has 1 aromatic carbocycles. The number of methoxy groups -OCH3 is 1. The summed E-state index contributed by atoms with van der Waals surface area (Å²) in [6.45, 7) is 6.23. The molecule has 2 aromatic rings. The number of benzene rings is 1. The van der Waals surface area contributed by atoms with Gasteiger partial charge in [0.2, 0.25) is 5.78 Å². The van der Waals surface area contributed by atoms with E-state index in [1.807, 2.05) is 26.8 Å². The molecule has 0 spiro atoms. The van der Waals surface area contributed by atoms with Crippen LogP contribution in [0.3, 0.4) is 0 Å². The molecule has 0 saturated carbocycles. The van der Waals surface area contributed by atoms with E-state index in [1.165, 1.54) is 12.1 Å². The number of rotatable bonds is 7. The van der Waals surface area contributed by atoms with E-state index in [1.54, 1.807) is 13.2 Å². The van der Waals surface area contributed by atoms with Crippen LogP contribution >= 0.6 is 15.9 Å². The van der Waals surface area contributed by atoms with Gasteiger partial charge in [-0.25, -0.2) is 4.39 Å². The van der Waals surface area contributed by atoms with Crippen molar-refractivity contribution >= 4 is 21.7 Å². The lowest BCUT2D eigenvalue weighted by atomic mass is 10.1. The SMILES string of the molecule is COCC(C)n1c(C)cc(C(=O)COc2ccc(Br)cc2F)c1C. The average molecular weight is 398 g/mol. The van der Waals surface area contributed by atoms with Crippen LogP contribution in [0.1, 0.15) is 34.7 Å². The summed E-state index contributed by atoms with van der Waals surface area (Å²) in [6, 6.07) is 6.43. The molecule has 1 unspecified atom stereocenters. The summed E-state index contributed by atoms with van der Waals surface area (Å²) in [5.41, 5.74) is 2.44. The quantitative estimate of drug-likeness (QED) is 0.646. The van der Waals surface area contributed by atoms with E-state index in [0.717, 1.165) is 11.4 Å². The second-order valence-electron chi connectivity index (χ2n) is 5.75. The molecule has 0 radical (unpaired) electrons. The smallest absolute Gasteiger partial charge is 0.202 e. The van der Waals surface area contributed by atoms with Crippen molar-refractivity contribution in [1.82, 2.24) is 4.57 Å². The van der Waals surface area contributed by atoms with Crippen molar-refractivity contribution < 1.29 is 18.7 Å². The first-order chi connectivity index (χ1) is 11.3. The number of aromatic nitrogens is 1. The van der Waals surface area contributed by atoms with Gasteiger partial charge in [0.05, 0.1) is 12.6 Å². The van der Waals surface area contributed by atoms with Crippen molar-refractivity contribution in [3.63, 3.8) is 0 Å². The summed E-state index contributed by atoms with van der Waals surface area (Å²) in [5, 5.41) is 0. The first kappa shape index (κ1) is 18.7. The van der Waals surface area contributed by atoms with Crippen molar-refractivity contribution in [3.05, 3.63) is 51.5 Å². The third-order valence-corrected chi connectivity index (χ3v) is 4.38. The molecule has 24 heavy (non-hydrogen) atoms. The standard InChI is InChI=1S/C18H21BrFNO3/c1-11-7-15(13(3)21(11)12(2)9-23-4)17(22)10-24-18-6-5-14(19)8-16(18)20/h5-8,12H,9-10H2,1-4H3. The molecule has 130 valence electrons. The lowest BCUT2D eigenvalue weighted by Gasteiger charge is -2.17. The van der Waals surface area contributed by atoms with Gasteiger partial charge in [-0.2, -0.15) is 0 Å². The second-order valence-corrected chi connectivity index (χ2v) is 6.66. The molecule has 1 atom stereocenters. The summed E-state index contributed by atoms with van der Waals surface area (Å²) in [4.78, 5) is 12.5. The Morgan fingerprint density at radius 1 is 1.33 bits per heavy atom. The number of carbonyl (C=O) groups excluding carboxylic acids is 1. The molecule has 2 rings (SSSR count). The van der Waals surface area contributed by atoms with E-state index in [0.29, 0.717) is 16.6 Å². The van der Waals surface area contributed by atoms with Crippen LogP contribution in [0.4, 0.5) is 4.39 Å². The molecule has 1 aromatic heterocycles. The van der Waals surface area contributed by atoms with E-state index in [9.17, 15) is 9.18 Å². The molecule has 1 heterocycles. The predicted molar refractivity (Wildman–Crippen MR) is 94.4 cm³/mol. The molecule has 0 fully saturated rings. The highest BCUT2D eigenvalue weighted by Gasteiger charge is 2.19. The van der Waals surface area contributed by atoms with Crippen molar-refractivity contribution in [2.24, 2.45) is 0 Å². The minimum atomic E-state index is -0.503. The zero-order valence-corrected chi connectivity index (χ0v) is 15.8. The number of Topliss-reactive ketones (excluding diaryl/α,β-unsaturated/α-hetero) is 1. The van der Waals surface area contributed by atoms with Gasteiger partial charge in [0.1, 0.15) is 0 Å². The highest BCUT2D eigenvalue weighted by molar-refractivity contribution is 9.10. The van der Waals surface area contributed by atoms with Gasteiger partial charge in [-0.15, -0.1) is 0 Å². The number of ether oxygens (including phenoxy) is 2. The Morgan fingerprint density at radius 3 is 2.67 bits per heavy atom. The van der Waals surface area contributed by atoms with Crippen molar-refractivity contribution in [1.29, 1.82) is 0 Å². The Hall–Kier alpha value is -1.66. The summed E-state index contributed by atoms with van der Waals surface area (Å²) in [5.74, 6) is -0.620. The Bertz CT molecular complexity index is 742. The molecule has 0 aliphatic rings. The van der Waals surface area contributed by atoms with Crippen molar-refractivity contribution in [3.8, 4) is 5.75 Å². The van der Waals surface area contributed by atoms with Gasteiger partial charge in [0.25, 0.3) is 0 Å². The lowest BCUT2D eigenvalue weighted by Crippen LogP contribution is -2.16. The fraction of sp³-hybridized carbons (Fsp3) is 0.389. The molecule has 4 nitrogen and oxygen atoms in total. The van der Waals surface area contributed by atoms with Crippen molar-refractivity contribution in [2.75, 3.05) is 20.3 Å². The molecule has 0 N–H and O–H groups in total. The Kier molecular flexibility index (Phi) is 6.18. The largest absolute Gasteiger partial charge is 0.482 e. The van der Waals surface area contributed by atoms with Crippen molar-refractivity contribution in [2.45, 2.75) is 26.8 Å². The minimum Gasteiger partial charge on any atom is -0.482 e. The van der Waals surface area contributed by atoms with Crippen LogP contribution in [0.2, 0.25) is 0 Å². The average Bonchev–Trinajstić information content (AvgIpc) is 2.81. The maximum absolute atomic E-state index is 13.8. The third kappa shape index (κ3) is 4.05. The normalized spacial score (nSPS) is 12.2. The van der Waals surface area contributed by atoms with E-state index in [2.05, 4.69) is 20.5 Å². The number of carbonyl (C=O) groups is 1. The highest BCUT2D eigenvalue weighted by Crippen LogP contribution is 2.23. The number of halogens is 2. The summed E-state index contributed by atoms with van der Waals surface area (Å²) >= 11 is 3.18. The first-order valence-corrected chi connectivity index (χ1v) is 8.42. The number of ketones is 1. The maximum atomic E-state index is 13.8. The van der Waals surface area contributed by atoms with E-state index in [-0.39, 0.29) is 24.2 Å². The van der Waals surface area contributed by atoms with E-state index < -0.39 is 5.82 Å². The Balaban J connectivity index is 2.14. The van der Waals surface area contributed by atoms with Crippen LogP contribution in [-0.2, 0) is 4.74 Å². The predicted octanol–water partition coefficient (Wildman–Crippen LogP) is 4.48. The number of hydrogen-bond acceptors (Lipinski definition) is 3. The minimum absolute atomic E-state index is 0.0631. The first-order valence-electron chi connectivity index (χ1n) is 7.63. The zero-order chi connectivity index (χ0) is 17.9.